The van der Waals surface area contributed by atoms with Crippen molar-refractivity contribution < 1.29 is 0 Å². The largest absolute Gasteiger partial charge is 0.233 e. The van der Waals surface area contributed by atoms with Crippen LogP contribution in [0.15, 0.2) is 10.5 Å². The summed E-state index contributed by atoms with van der Waals surface area (Å²) in [7, 11) is 0. The molecule has 0 saturated carbocycles. The van der Waals surface area contributed by atoms with Crippen molar-refractivity contribution in [3.05, 3.63) is 32.2 Å². The molecule has 0 fully saturated rings. The summed E-state index contributed by atoms with van der Waals surface area (Å²) in [6.07, 6.45) is 0. The van der Waals surface area contributed by atoms with E-state index in [2.05, 4.69) is 31.2 Å². The van der Waals surface area contributed by atoms with Gasteiger partial charge in [-0.2, -0.15) is 5.10 Å². The molecule has 2 aromatic heterocycles. The zero-order chi connectivity index (χ0) is 11.9. The minimum Gasteiger partial charge on any atom is -0.233 e. The van der Waals surface area contributed by atoms with Crippen LogP contribution in [0.2, 0.25) is 10.3 Å². The third-order valence-electron chi connectivity index (χ3n) is 2.13. The number of hydrogen-bond donors (Lipinski definition) is 0. The summed E-state index contributed by atoms with van der Waals surface area (Å²) >= 11 is 15.2. The van der Waals surface area contributed by atoms with Crippen LogP contribution in [0, 0.1) is 13.8 Å². The van der Waals surface area contributed by atoms with Crippen LogP contribution in [0.3, 0.4) is 0 Å². The van der Waals surface area contributed by atoms with Gasteiger partial charge in [-0.1, -0.05) is 23.2 Å². The molecule has 2 heterocycles. The van der Waals surface area contributed by atoms with E-state index >= 15 is 0 Å². The zero-order valence-corrected chi connectivity index (χ0v) is 11.6. The second kappa shape index (κ2) is 4.31. The van der Waals surface area contributed by atoms with E-state index in [1.807, 2.05) is 13.8 Å². The topological polar surface area (TPSA) is 43.6 Å². The standard InChI is InChI=1S/C9H7BrCl2N4/c1-4-8(10)5(2)16(15-4)6-3-7(11)13-14-9(6)12/h3H,1-2H3. The van der Waals surface area contributed by atoms with Crippen LogP contribution >= 0.6 is 39.1 Å². The fourth-order valence-corrected chi connectivity index (χ4v) is 1.91. The smallest absolute Gasteiger partial charge is 0.177 e. The van der Waals surface area contributed by atoms with E-state index in [-0.39, 0.29) is 10.3 Å². The number of aryl methyl sites for hydroxylation is 1. The highest BCUT2D eigenvalue weighted by molar-refractivity contribution is 9.10. The van der Waals surface area contributed by atoms with Gasteiger partial charge in [-0.3, -0.25) is 0 Å². The Kier molecular flexibility index (Phi) is 3.19. The van der Waals surface area contributed by atoms with Gasteiger partial charge in [0.2, 0.25) is 0 Å². The molecule has 0 saturated heterocycles. The SMILES string of the molecule is Cc1nn(-c2cc(Cl)nnc2Cl)c(C)c1Br. The van der Waals surface area contributed by atoms with Crippen LogP contribution in [-0.4, -0.2) is 20.0 Å². The number of nitrogens with zero attached hydrogens (tertiary/aromatic N) is 4. The molecule has 4 nitrogen and oxygen atoms in total. The van der Waals surface area contributed by atoms with Gasteiger partial charge in [0, 0.05) is 6.07 Å². The molecular formula is C9H7BrCl2N4. The molecule has 0 N–H and O–H groups in total. The van der Waals surface area contributed by atoms with E-state index in [1.165, 1.54) is 0 Å². The summed E-state index contributed by atoms with van der Waals surface area (Å²) in [5.41, 5.74) is 2.43. The van der Waals surface area contributed by atoms with Crippen molar-refractivity contribution in [1.29, 1.82) is 0 Å². The van der Waals surface area contributed by atoms with Gasteiger partial charge in [0.1, 0.15) is 5.69 Å². The van der Waals surface area contributed by atoms with Gasteiger partial charge < -0.3 is 0 Å². The molecule has 84 valence electrons. The summed E-state index contributed by atoms with van der Waals surface area (Å²) in [4.78, 5) is 0. The third kappa shape index (κ3) is 1.95. The molecule has 0 aromatic carbocycles. The van der Waals surface area contributed by atoms with Crippen molar-refractivity contribution in [3.8, 4) is 5.69 Å². The fourth-order valence-electron chi connectivity index (χ4n) is 1.35. The number of rotatable bonds is 1. The second-order valence-corrected chi connectivity index (χ2v) is 4.78. The first kappa shape index (κ1) is 11.8. The molecule has 0 atom stereocenters. The van der Waals surface area contributed by atoms with E-state index in [0.717, 1.165) is 15.9 Å². The lowest BCUT2D eigenvalue weighted by molar-refractivity contribution is 0.819. The monoisotopic (exact) mass is 320 g/mol. The van der Waals surface area contributed by atoms with Gasteiger partial charge in [-0.05, 0) is 29.8 Å². The quantitative estimate of drug-likeness (QED) is 0.809. The Labute approximate surface area is 111 Å². The second-order valence-electron chi connectivity index (χ2n) is 3.24. The van der Waals surface area contributed by atoms with E-state index in [9.17, 15) is 0 Å². The lowest BCUT2D eigenvalue weighted by atomic mass is 10.4. The van der Waals surface area contributed by atoms with Gasteiger partial charge in [0.15, 0.2) is 10.3 Å². The lowest BCUT2D eigenvalue weighted by Crippen LogP contribution is -2.02. The minimum absolute atomic E-state index is 0.266. The predicted octanol–water partition coefficient (Wildman–Crippen LogP) is 3.35. The Morgan fingerprint density at radius 2 is 1.94 bits per heavy atom. The molecule has 7 heteroatoms. The van der Waals surface area contributed by atoms with Gasteiger partial charge in [0.05, 0.1) is 15.9 Å². The Hall–Kier alpha value is -0.650. The van der Waals surface area contributed by atoms with Crippen LogP contribution in [0.5, 0.6) is 0 Å². The molecule has 2 rings (SSSR count). The van der Waals surface area contributed by atoms with Gasteiger partial charge in [-0.25, -0.2) is 4.68 Å². The molecule has 0 aliphatic heterocycles. The van der Waals surface area contributed by atoms with Crippen molar-refractivity contribution in [3.63, 3.8) is 0 Å². The average Bonchev–Trinajstić information content (AvgIpc) is 2.50. The van der Waals surface area contributed by atoms with E-state index < -0.39 is 0 Å². The highest BCUT2D eigenvalue weighted by atomic mass is 79.9. The van der Waals surface area contributed by atoms with E-state index in [0.29, 0.717) is 5.69 Å². The van der Waals surface area contributed by atoms with Crippen molar-refractivity contribution in [1.82, 2.24) is 20.0 Å². The molecule has 0 unspecified atom stereocenters. The number of hydrogen-bond acceptors (Lipinski definition) is 3. The number of aromatic nitrogens is 4. The Morgan fingerprint density at radius 1 is 1.25 bits per heavy atom. The maximum Gasteiger partial charge on any atom is 0.177 e. The van der Waals surface area contributed by atoms with Gasteiger partial charge in [0.25, 0.3) is 0 Å². The summed E-state index contributed by atoms with van der Waals surface area (Å²) in [5, 5.41) is 12.3. The van der Waals surface area contributed by atoms with Gasteiger partial charge in [-0.15, -0.1) is 10.2 Å². The Morgan fingerprint density at radius 3 is 2.50 bits per heavy atom. The average molecular weight is 322 g/mol. The molecule has 0 aliphatic carbocycles. The van der Waals surface area contributed by atoms with Crippen molar-refractivity contribution >= 4 is 39.1 Å². The third-order valence-corrected chi connectivity index (χ3v) is 3.73. The van der Waals surface area contributed by atoms with Crippen LogP contribution in [0.1, 0.15) is 11.4 Å². The highest BCUT2D eigenvalue weighted by Crippen LogP contribution is 2.26. The van der Waals surface area contributed by atoms with Crippen molar-refractivity contribution in [2.24, 2.45) is 0 Å². The molecule has 16 heavy (non-hydrogen) atoms. The molecule has 0 bridgehead atoms. The summed E-state index contributed by atoms with van der Waals surface area (Å²) in [6, 6.07) is 1.63. The van der Waals surface area contributed by atoms with Crippen LogP contribution < -0.4 is 0 Å². The first-order valence-corrected chi connectivity index (χ1v) is 5.96. The predicted molar refractivity (Wildman–Crippen MR) is 66.3 cm³/mol. The van der Waals surface area contributed by atoms with Crippen molar-refractivity contribution in [2.45, 2.75) is 13.8 Å². The molecule has 0 aliphatic rings. The van der Waals surface area contributed by atoms with Crippen LogP contribution in [-0.2, 0) is 0 Å². The maximum atomic E-state index is 5.96. The zero-order valence-electron chi connectivity index (χ0n) is 8.50. The Balaban J connectivity index is 2.67. The first-order valence-electron chi connectivity index (χ1n) is 4.41. The first-order chi connectivity index (χ1) is 7.50. The van der Waals surface area contributed by atoms with E-state index in [1.54, 1.807) is 10.7 Å². The molecule has 2 aromatic rings. The summed E-state index contributed by atoms with van der Waals surface area (Å²) in [5.74, 6) is 0. The molecular weight excluding hydrogens is 315 g/mol. The van der Waals surface area contributed by atoms with Crippen LogP contribution in [0.4, 0.5) is 0 Å². The molecule has 0 radical (unpaired) electrons. The summed E-state index contributed by atoms with van der Waals surface area (Å²) in [6.45, 7) is 3.83. The summed E-state index contributed by atoms with van der Waals surface area (Å²) < 4.78 is 2.62. The Bertz CT molecular complexity index is 553. The number of halogens is 3. The maximum absolute atomic E-state index is 5.96. The lowest BCUT2D eigenvalue weighted by Gasteiger charge is -2.05. The minimum atomic E-state index is 0.266. The van der Waals surface area contributed by atoms with E-state index in [4.69, 9.17) is 23.2 Å². The molecule has 0 amide bonds. The normalized spacial score (nSPS) is 10.8. The van der Waals surface area contributed by atoms with Gasteiger partial charge >= 0.3 is 0 Å². The fraction of sp³-hybridized carbons (Fsp3) is 0.222. The van der Waals surface area contributed by atoms with Crippen LogP contribution in [0.25, 0.3) is 5.69 Å². The molecule has 0 spiro atoms. The van der Waals surface area contributed by atoms with Crippen molar-refractivity contribution in [2.75, 3.05) is 0 Å². The highest BCUT2D eigenvalue weighted by Gasteiger charge is 2.14.